The summed E-state index contributed by atoms with van der Waals surface area (Å²) < 4.78 is 38.9. The number of halogens is 4. The average Bonchev–Trinajstić information content (AvgIpc) is 2.31. The smallest absolute Gasteiger partial charge is 0.339 e. The van der Waals surface area contributed by atoms with Crippen molar-refractivity contribution in [2.24, 2.45) is 0 Å². The monoisotopic (exact) mass is 316 g/mol. The zero-order valence-electron chi connectivity index (χ0n) is 9.00. The third kappa shape index (κ3) is 2.81. The standard InChI is InChI=1S/C12H8BrF3N2/c13-9-5-3-7-17-11(9)18-10-6-2-1-4-8(10)12(14,15)16/h1-7H,(H,17,18). The Labute approximate surface area is 110 Å². The van der Waals surface area contributed by atoms with Crippen LogP contribution >= 0.6 is 15.9 Å². The minimum Gasteiger partial charge on any atom is -0.339 e. The van der Waals surface area contributed by atoms with Crippen LogP contribution in [-0.2, 0) is 6.18 Å². The molecule has 1 N–H and O–H groups in total. The van der Waals surface area contributed by atoms with Gasteiger partial charge in [0.25, 0.3) is 0 Å². The molecular weight excluding hydrogens is 309 g/mol. The van der Waals surface area contributed by atoms with E-state index in [4.69, 9.17) is 0 Å². The van der Waals surface area contributed by atoms with Gasteiger partial charge < -0.3 is 5.32 Å². The van der Waals surface area contributed by atoms with Gasteiger partial charge in [0.1, 0.15) is 5.82 Å². The molecular formula is C12H8BrF3N2. The molecule has 2 nitrogen and oxygen atoms in total. The number of pyridine rings is 1. The van der Waals surface area contributed by atoms with Crippen LogP contribution in [0, 0.1) is 0 Å². The number of aromatic nitrogens is 1. The number of alkyl halides is 3. The summed E-state index contributed by atoms with van der Waals surface area (Å²) in [5.74, 6) is 0.342. The molecule has 0 atom stereocenters. The first kappa shape index (κ1) is 12.9. The molecule has 0 saturated heterocycles. The van der Waals surface area contributed by atoms with Crippen LogP contribution < -0.4 is 5.32 Å². The lowest BCUT2D eigenvalue weighted by molar-refractivity contribution is -0.136. The first-order valence-electron chi connectivity index (χ1n) is 5.02. The SMILES string of the molecule is FC(F)(F)c1ccccc1Nc1ncccc1Br. The minimum atomic E-state index is -4.40. The Balaban J connectivity index is 2.39. The lowest BCUT2D eigenvalue weighted by Gasteiger charge is -2.14. The van der Waals surface area contributed by atoms with E-state index >= 15 is 0 Å². The number of anilines is 2. The highest BCUT2D eigenvalue weighted by molar-refractivity contribution is 9.10. The molecule has 0 spiro atoms. The third-order valence-corrected chi connectivity index (χ3v) is 2.88. The van der Waals surface area contributed by atoms with Crippen molar-refractivity contribution in [2.75, 3.05) is 5.32 Å². The summed E-state index contributed by atoms with van der Waals surface area (Å²) in [6, 6.07) is 8.66. The van der Waals surface area contributed by atoms with Crippen molar-refractivity contribution in [3.8, 4) is 0 Å². The van der Waals surface area contributed by atoms with Crippen LogP contribution in [0.1, 0.15) is 5.56 Å². The second kappa shape index (κ2) is 4.97. The third-order valence-electron chi connectivity index (χ3n) is 2.24. The molecule has 0 amide bonds. The molecule has 1 aromatic carbocycles. The average molecular weight is 317 g/mol. The van der Waals surface area contributed by atoms with Gasteiger partial charge in [0, 0.05) is 6.20 Å². The Bertz CT molecular complexity index is 555. The largest absolute Gasteiger partial charge is 0.418 e. The Hall–Kier alpha value is -1.56. The lowest BCUT2D eigenvalue weighted by Crippen LogP contribution is -2.09. The molecule has 2 rings (SSSR count). The molecule has 0 aliphatic rings. The van der Waals surface area contributed by atoms with Gasteiger partial charge in [-0.05, 0) is 40.2 Å². The summed E-state index contributed by atoms with van der Waals surface area (Å²) in [6.45, 7) is 0. The fraction of sp³-hybridized carbons (Fsp3) is 0.0833. The summed E-state index contributed by atoms with van der Waals surface area (Å²) in [6.07, 6.45) is -2.89. The van der Waals surface area contributed by atoms with Crippen LogP contribution in [-0.4, -0.2) is 4.98 Å². The highest BCUT2D eigenvalue weighted by Gasteiger charge is 2.33. The first-order valence-corrected chi connectivity index (χ1v) is 5.81. The second-order valence-corrected chi connectivity index (χ2v) is 4.36. The summed E-state index contributed by atoms with van der Waals surface area (Å²) in [7, 11) is 0. The highest BCUT2D eigenvalue weighted by Crippen LogP contribution is 2.36. The summed E-state index contributed by atoms with van der Waals surface area (Å²) in [4.78, 5) is 3.97. The Morgan fingerprint density at radius 1 is 1.06 bits per heavy atom. The highest BCUT2D eigenvalue weighted by atomic mass is 79.9. The molecule has 2 aromatic rings. The fourth-order valence-electron chi connectivity index (χ4n) is 1.44. The van der Waals surface area contributed by atoms with E-state index < -0.39 is 11.7 Å². The van der Waals surface area contributed by atoms with Gasteiger partial charge >= 0.3 is 6.18 Å². The minimum absolute atomic E-state index is 0.0237. The normalized spacial score (nSPS) is 11.3. The molecule has 1 aromatic heterocycles. The van der Waals surface area contributed by atoms with Gasteiger partial charge in [-0.1, -0.05) is 12.1 Å². The van der Waals surface area contributed by atoms with Crippen molar-refractivity contribution in [2.45, 2.75) is 6.18 Å². The quantitative estimate of drug-likeness (QED) is 0.875. The van der Waals surface area contributed by atoms with Crippen molar-refractivity contribution >= 4 is 27.4 Å². The van der Waals surface area contributed by atoms with E-state index in [2.05, 4.69) is 26.2 Å². The van der Waals surface area contributed by atoms with E-state index in [1.165, 1.54) is 24.4 Å². The number of hydrogen-bond acceptors (Lipinski definition) is 2. The van der Waals surface area contributed by atoms with Crippen molar-refractivity contribution in [1.82, 2.24) is 4.98 Å². The number of para-hydroxylation sites is 1. The molecule has 0 unspecified atom stereocenters. The molecule has 0 fully saturated rings. The number of nitrogens with zero attached hydrogens (tertiary/aromatic N) is 1. The Morgan fingerprint density at radius 3 is 2.44 bits per heavy atom. The van der Waals surface area contributed by atoms with Crippen LogP contribution in [0.3, 0.4) is 0 Å². The topological polar surface area (TPSA) is 24.9 Å². The maximum Gasteiger partial charge on any atom is 0.418 e. The maximum absolute atomic E-state index is 12.8. The van der Waals surface area contributed by atoms with Crippen LogP contribution in [0.5, 0.6) is 0 Å². The maximum atomic E-state index is 12.8. The van der Waals surface area contributed by atoms with E-state index in [-0.39, 0.29) is 5.69 Å². The summed E-state index contributed by atoms with van der Waals surface area (Å²) in [5, 5.41) is 2.67. The van der Waals surface area contributed by atoms with Crippen molar-refractivity contribution < 1.29 is 13.2 Å². The molecule has 1 heterocycles. The van der Waals surface area contributed by atoms with Crippen molar-refractivity contribution in [3.63, 3.8) is 0 Å². The van der Waals surface area contributed by atoms with E-state index in [1.807, 2.05) is 0 Å². The van der Waals surface area contributed by atoms with Crippen LogP contribution in [0.2, 0.25) is 0 Å². The predicted octanol–water partition coefficient (Wildman–Crippen LogP) is 4.61. The van der Waals surface area contributed by atoms with E-state index in [0.29, 0.717) is 10.3 Å². The van der Waals surface area contributed by atoms with Gasteiger partial charge in [-0.2, -0.15) is 13.2 Å². The van der Waals surface area contributed by atoms with Gasteiger partial charge in [-0.25, -0.2) is 4.98 Å². The zero-order chi connectivity index (χ0) is 13.2. The first-order chi connectivity index (χ1) is 8.48. The second-order valence-electron chi connectivity index (χ2n) is 3.50. The summed E-state index contributed by atoms with van der Waals surface area (Å²) >= 11 is 3.22. The summed E-state index contributed by atoms with van der Waals surface area (Å²) in [5.41, 5.74) is -0.744. The molecule has 6 heteroatoms. The van der Waals surface area contributed by atoms with E-state index in [9.17, 15) is 13.2 Å². The van der Waals surface area contributed by atoms with Gasteiger partial charge in [-0.15, -0.1) is 0 Å². The van der Waals surface area contributed by atoms with Crippen molar-refractivity contribution in [1.29, 1.82) is 0 Å². The van der Waals surface area contributed by atoms with Gasteiger partial charge in [-0.3, -0.25) is 0 Å². The molecule has 94 valence electrons. The number of rotatable bonds is 2. The van der Waals surface area contributed by atoms with E-state index in [1.54, 1.807) is 12.1 Å². The van der Waals surface area contributed by atoms with Crippen LogP contribution in [0.15, 0.2) is 47.1 Å². The molecule has 0 bridgehead atoms. The van der Waals surface area contributed by atoms with Gasteiger partial charge in [0.05, 0.1) is 15.7 Å². The number of hydrogen-bond donors (Lipinski definition) is 1. The molecule has 0 aliphatic heterocycles. The Kier molecular flexibility index (Phi) is 3.56. The molecule has 0 saturated carbocycles. The number of benzene rings is 1. The molecule has 0 aliphatic carbocycles. The van der Waals surface area contributed by atoms with Crippen LogP contribution in [0.4, 0.5) is 24.7 Å². The molecule has 18 heavy (non-hydrogen) atoms. The van der Waals surface area contributed by atoms with Gasteiger partial charge in [0.2, 0.25) is 0 Å². The lowest BCUT2D eigenvalue weighted by atomic mass is 10.1. The van der Waals surface area contributed by atoms with Crippen LogP contribution in [0.25, 0.3) is 0 Å². The Morgan fingerprint density at radius 2 is 1.78 bits per heavy atom. The predicted molar refractivity (Wildman–Crippen MR) is 66.7 cm³/mol. The zero-order valence-corrected chi connectivity index (χ0v) is 10.6. The number of nitrogens with one attached hydrogen (secondary N) is 1. The van der Waals surface area contributed by atoms with Gasteiger partial charge in [0.15, 0.2) is 0 Å². The van der Waals surface area contributed by atoms with Crippen molar-refractivity contribution in [3.05, 3.63) is 52.6 Å². The molecule has 0 radical (unpaired) electrons. The fourth-order valence-corrected chi connectivity index (χ4v) is 1.80. The van der Waals surface area contributed by atoms with E-state index in [0.717, 1.165) is 6.07 Å².